The first-order chi connectivity index (χ1) is 9.77. The van der Waals surface area contributed by atoms with Crippen LogP contribution in [0, 0.1) is 0 Å². The standard InChI is InChI=1S/C15H13NO2.C2H6/c17-14-12-8-4-5-9-13(12)15(18)16(14)10-11-6-2-1-3-7-11;1-2/h1-9,14,17H,10H2;1-2H3. The Balaban J connectivity index is 0.000000704. The van der Waals surface area contributed by atoms with Crippen molar-refractivity contribution in [3.63, 3.8) is 0 Å². The third-order valence-corrected chi connectivity index (χ3v) is 3.22. The Hall–Kier alpha value is -2.13. The van der Waals surface area contributed by atoms with Gasteiger partial charge in [-0.2, -0.15) is 0 Å². The van der Waals surface area contributed by atoms with Crippen LogP contribution in [0.1, 0.15) is 41.6 Å². The minimum atomic E-state index is -0.839. The molecule has 0 radical (unpaired) electrons. The first-order valence-electron chi connectivity index (χ1n) is 6.89. The van der Waals surface area contributed by atoms with Crippen LogP contribution in [0.2, 0.25) is 0 Å². The zero-order valence-corrected chi connectivity index (χ0v) is 11.8. The van der Waals surface area contributed by atoms with Crippen LogP contribution in [0.4, 0.5) is 0 Å². The number of benzene rings is 2. The quantitative estimate of drug-likeness (QED) is 0.908. The summed E-state index contributed by atoms with van der Waals surface area (Å²) in [5.41, 5.74) is 2.30. The zero-order chi connectivity index (χ0) is 14.5. The summed E-state index contributed by atoms with van der Waals surface area (Å²) < 4.78 is 0. The highest BCUT2D eigenvalue weighted by Crippen LogP contribution is 2.32. The molecule has 3 nitrogen and oxygen atoms in total. The van der Waals surface area contributed by atoms with E-state index in [1.807, 2.05) is 56.3 Å². The van der Waals surface area contributed by atoms with E-state index in [2.05, 4.69) is 0 Å². The highest BCUT2D eigenvalue weighted by Gasteiger charge is 2.34. The fraction of sp³-hybridized carbons (Fsp3) is 0.235. The molecule has 2 aromatic carbocycles. The number of fused-ring (bicyclic) bond motifs is 1. The number of carbonyl (C=O) groups excluding carboxylic acids is 1. The molecule has 1 unspecified atom stereocenters. The highest BCUT2D eigenvalue weighted by molar-refractivity contribution is 5.98. The fourth-order valence-electron chi connectivity index (χ4n) is 2.29. The molecule has 0 saturated carbocycles. The van der Waals surface area contributed by atoms with Gasteiger partial charge in [-0.1, -0.05) is 62.4 Å². The lowest BCUT2D eigenvalue weighted by Gasteiger charge is -2.20. The SMILES string of the molecule is CC.O=C1c2ccccc2C(O)N1Cc1ccccc1. The number of hydrogen-bond donors (Lipinski definition) is 1. The van der Waals surface area contributed by atoms with E-state index in [9.17, 15) is 9.90 Å². The molecule has 1 aliphatic rings. The number of nitrogens with zero attached hydrogens (tertiary/aromatic N) is 1. The Morgan fingerprint density at radius 2 is 1.60 bits per heavy atom. The van der Waals surface area contributed by atoms with Crippen molar-refractivity contribution >= 4 is 5.91 Å². The zero-order valence-electron chi connectivity index (χ0n) is 11.8. The lowest BCUT2D eigenvalue weighted by Crippen LogP contribution is -2.27. The molecular formula is C17H19NO2. The Morgan fingerprint density at radius 3 is 2.25 bits per heavy atom. The van der Waals surface area contributed by atoms with Crippen molar-refractivity contribution < 1.29 is 9.90 Å². The van der Waals surface area contributed by atoms with Crippen LogP contribution in [0.5, 0.6) is 0 Å². The summed E-state index contributed by atoms with van der Waals surface area (Å²) in [7, 11) is 0. The second kappa shape index (κ2) is 6.35. The second-order valence-electron chi connectivity index (χ2n) is 4.38. The molecule has 0 fully saturated rings. The largest absolute Gasteiger partial charge is 0.369 e. The molecule has 2 aromatic rings. The van der Waals surface area contributed by atoms with Gasteiger partial charge in [-0.25, -0.2) is 0 Å². The maximum Gasteiger partial charge on any atom is 0.256 e. The van der Waals surface area contributed by atoms with Crippen LogP contribution in [0.15, 0.2) is 54.6 Å². The average molecular weight is 269 g/mol. The van der Waals surface area contributed by atoms with E-state index in [1.165, 1.54) is 4.90 Å². The van der Waals surface area contributed by atoms with Gasteiger partial charge in [0, 0.05) is 17.7 Å². The number of hydrogen-bond acceptors (Lipinski definition) is 2. The summed E-state index contributed by atoms with van der Waals surface area (Å²) in [5, 5.41) is 10.2. The van der Waals surface area contributed by atoms with Gasteiger partial charge in [-0.05, 0) is 11.6 Å². The van der Waals surface area contributed by atoms with Crippen molar-refractivity contribution in [3.8, 4) is 0 Å². The van der Waals surface area contributed by atoms with Crippen molar-refractivity contribution in [1.29, 1.82) is 0 Å². The molecule has 1 heterocycles. The number of rotatable bonds is 2. The van der Waals surface area contributed by atoms with Crippen molar-refractivity contribution in [1.82, 2.24) is 4.90 Å². The predicted molar refractivity (Wildman–Crippen MR) is 79.1 cm³/mol. The van der Waals surface area contributed by atoms with Gasteiger partial charge in [0.25, 0.3) is 5.91 Å². The molecule has 1 N–H and O–H groups in total. The summed E-state index contributed by atoms with van der Waals surface area (Å²) in [6, 6.07) is 16.9. The van der Waals surface area contributed by atoms with Crippen LogP contribution in [-0.2, 0) is 6.54 Å². The van der Waals surface area contributed by atoms with Crippen molar-refractivity contribution in [2.24, 2.45) is 0 Å². The Morgan fingerprint density at radius 1 is 1.00 bits per heavy atom. The molecule has 1 aliphatic heterocycles. The molecule has 1 atom stereocenters. The van der Waals surface area contributed by atoms with E-state index in [4.69, 9.17) is 0 Å². The van der Waals surface area contributed by atoms with E-state index in [0.29, 0.717) is 17.7 Å². The van der Waals surface area contributed by atoms with Crippen molar-refractivity contribution in [3.05, 3.63) is 71.3 Å². The van der Waals surface area contributed by atoms with Crippen LogP contribution in [0.3, 0.4) is 0 Å². The number of aliphatic hydroxyl groups excluding tert-OH is 1. The fourth-order valence-corrected chi connectivity index (χ4v) is 2.29. The maximum atomic E-state index is 12.2. The molecule has 1 amide bonds. The third-order valence-electron chi connectivity index (χ3n) is 3.22. The monoisotopic (exact) mass is 269 g/mol. The van der Waals surface area contributed by atoms with Gasteiger partial charge in [-0.3, -0.25) is 4.79 Å². The smallest absolute Gasteiger partial charge is 0.256 e. The molecule has 0 aromatic heterocycles. The predicted octanol–water partition coefficient (Wildman–Crippen LogP) is 3.36. The summed E-state index contributed by atoms with van der Waals surface area (Å²) in [5.74, 6) is -0.109. The molecule has 3 rings (SSSR count). The summed E-state index contributed by atoms with van der Waals surface area (Å²) in [4.78, 5) is 13.7. The second-order valence-corrected chi connectivity index (χ2v) is 4.38. The summed E-state index contributed by atoms with van der Waals surface area (Å²) in [6.07, 6.45) is -0.839. The summed E-state index contributed by atoms with van der Waals surface area (Å²) >= 11 is 0. The van der Waals surface area contributed by atoms with Gasteiger partial charge in [0.2, 0.25) is 0 Å². The molecule has 0 bridgehead atoms. The molecule has 0 aliphatic carbocycles. The Bertz CT molecular complexity index is 581. The van der Waals surface area contributed by atoms with Crippen LogP contribution < -0.4 is 0 Å². The number of carbonyl (C=O) groups is 1. The van der Waals surface area contributed by atoms with E-state index in [-0.39, 0.29) is 5.91 Å². The molecule has 3 heteroatoms. The average Bonchev–Trinajstić information content (AvgIpc) is 2.76. The van der Waals surface area contributed by atoms with Gasteiger partial charge in [0.1, 0.15) is 0 Å². The van der Waals surface area contributed by atoms with E-state index in [1.54, 1.807) is 12.1 Å². The Kier molecular flexibility index (Phi) is 4.53. The minimum Gasteiger partial charge on any atom is -0.369 e. The first kappa shape index (κ1) is 14.3. The maximum absolute atomic E-state index is 12.2. The summed E-state index contributed by atoms with van der Waals surface area (Å²) in [6.45, 7) is 4.43. The van der Waals surface area contributed by atoms with Crippen LogP contribution in [-0.4, -0.2) is 15.9 Å². The van der Waals surface area contributed by atoms with Gasteiger partial charge in [-0.15, -0.1) is 0 Å². The first-order valence-corrected chi connectivity index (χ1v) is 6.89. The van der Waals surface area contributed by atoms with Gasteiger partial charge >= 0.3 is 0 Å². The van der Waals surface area contributed by atoms with Crippen molar-refractivity contribution in [2.45, 2.75) is 26.6 Å². The van der Waals surface area contributed by atoms with Crippen LogP contribution >= 0.6 is 0 Å². The lowest BCUT2D eigenvalue weighted by molar-refractivity contribution is 0.0137. The Labute approximate surface area is 119 Å². The number of aliphatic hydroxyl groups is 1. The minimum absolute atomic E-state index is 0.109. The van der Waals surface area contributed by atoms with E-state index >= 15 is 0 Å². The van der Waals surface area contributed by atoms with Gasteiger partial charge < -0.3 is 10.0 Å². The van der Waals surface area contributed by atoms with Crippen molar-refractivity contribution in [2.75, 3.05) is 0 Å². The van der Waals surface area contributed by atoms with Gasteiger partial charge in [0.05, 0.1) is 0 Å². The molecule has 104 valence electrons. The lowest BCUT2D eigenvalue weighted by atomic mass is 10.1. The highest BCUT2D eigenvalue weighted by atomic mass is 16.3. The topological polar surface area (TPSA) is 40.5 Å². The van der Waals surface area contributed by atoms with E-state index < -0.39 is 6.23 Å². The molecule has 20 heavy (non-hydrogen) atoms. The molecule has 0 saturated heterocycles. The van der Waals surface area contributed by atoms with Gasteiger partial charge in [0.15, 0.2) is 6.23 Å². The molecular weight excluding hydrogens is 250 g/mol. The third kappa shape index (κ3) is 2.58. The number of amides is 1. The van der Waals surface area contributed by atoms with E-state index in [0.717, 1.165) is 5.56 Å². The normalized spacial score (nSPS) is 16.4. The van der Waals surface area contributed by atoms with Crippen LogP contribution in [0.25, 0.3) is 0 Å². The molecule has 0 spiro atoms.